The van der Waals surface area contributed by atoms with Gasteiger partial charge in [0.15, 0.2) is 0 Å². The third kappa shape index (κ3) is 4.55. The summed E-state index contributed by atoms with van der Waals surface area (Å²) in [6, 6.07) is 11.5. The van der Waals surface area contributed by atoms with Gasteiger partial charge in [0.2, 0.25) is 15.9 Å². The number of nitrogens with zero attached hydrogens (tertiary/aromatic N) is 2. The molecule has 0 spiro atoms. The fourth-order valence-corrected chi connectivity index (χ4v) is 5.61. The van der Waals surface area contributed by atoms with E-state index in [2.05, 4.69) is 22.3 Å². The van der Waals surface area contributed by atoms with Crippen molar-refractivity contribution in [2.75, 3.05) is 38.0 Å². The zero-order chi connectivity index (χ0) is 21.1. The fraction of sp³-hybridized carbons (Fsp3) is 0.409. The van der Waals surface area contributed by atoms with Gasteiger partial charge in [-0.05, 0) is 54.7 Å². The zero-order valence-electron chi connectivity index (χ0n) is 16.8. The van der Waals surface area contributed by atoms with Crippen LogP contribution in [0.4, 0.5) is 10.1 Å². The summed E-state index contributed by atoms with van der Waals surface area (Å²) < 4.78 is 40.6. The molecule has 1 saturated heterocycles. The van der Waals surface area contributed by atoms with Crippen LogP contribution in [0.25, 0.3) is 0 Å². The third-order valence-corrected chi connectivity index (χ3v) is 7.75. The molecule has 0 atom stereocenters. The second-order valence-corrected chi connectivity index (χ2v) is 9.72. The van der Waals surface area contributed by atoms with E-state index in [0.29, 0.717) is 26.1 Å². The maximum Gasteiger partial charge on any atom is 0.246 e. The van der Waals surface area contributed by atoms with Crippen molar-refractivity contribution >= 4 is 21.6 Å². The molecule has 8 heteroatoms. The summed E-state index contributed by atoms with van der Waals surface area (Å²) in [5.74, 6) is -0.780. The molecule has 4 rings (SSSR count). The molecule has 1 N–H and O–H groups in total. The molecule has 1 aliphatic heterocycles. The van der Waals surface area contributed by atoms with Gasteiger partial charge in [-0.3, -0.25) is 4.79 Å². The maximum absolute atomic E-state index is 13.9. The van der Waals surface area contributed by atoms with Crippen LogP contribution in [0.5, 0.6) is 0 Å². The number of halogens is 1. The monoisotopic (exact) mass is 431 g/mol. The molecule has 2 aromatic carbocycles. The van der Waals surface area contributed by atoms with E-state index in [4.69, 9.17) is 0 Å². The topological polar surface area (TPSA) is 69.7 Å². The number of fused-ring (bicyclic) bond motifs is 1. The number of carbonyl (C=O) groups excluding carboxylic acids is 1. The Kier molecular flexibility index (Phi) is 6.17. The smallest absolute Gasteiger partial charge is 0.246 e. The van der Waals surface area contributed by atoms with Gasteiger partial charge >= 0.3 is 0 Å². The van der Waals surface area contributed by atoms with Gasteiger partial charge in [0.1, 0.15) is 10.7 Å². The molecule has 1 amide bonds. The molecule has 0 aromatic heterocycles. The molecular weight excluding hydrogens is 405 g/mol. The van der Waals surface area contributed by atoms with E-state index < -0.39 is 15.8 Å². The van der Waals surface area contributed by atoms with E-state index >= 15 is 0 Å². The number of benzene rings is 2. The van der Waals surface area contributed by atoms with Crippen LogP contribution in [0.3, 0.4) is 0 Å². The first-order chi connectivity index (χ1) is 14.4. The number of piperazine rings is 1. The van der Waals surface area contributed by atoms with E-state index in [9.17, 15) is 17.6 Å². The van der Waals surface area contributed by atoms with Crippen LogP contribution < -0.4 is 5.32 Å². The molecule has 1 fully saturated rings. The van der Waals surface area contributed by atoms with E-state index in [-0.39, 0.29) is 23.9 Å². The van der Waals surface area contributed by atoms with Crippen molar-refractivity contribution in [1.82, 2.24) is 9.21 Å². The first-order valence-electron chi connectivity index (χ1n) is 10.3. The standard InChI is InChI=1S/C22H26FN3O3S/c23-20-6-1-2-7-21(20)30(28,29)26-14-12-25(13-15-26)11-10-22(27)24-19-9-8-17-4-3-5-18(17)16-19/h1-2,6-9,16H,3-5,10-15H2,(H,24,27). The summed E-state index contributed by atoms with van der Waals surface area (Å²) in [6.07, 6.45) is 3.70. The van der Waals surface area contributed by atoms with Crippen molar-refractivity contribution < 1.29 is 17.6 Å². The average Bonchev–Trinajstić information content (AvgIpc) is 3.21. The Morgan fingerprint density at radius 3 is 2.50 bits per heavy atom. The number of sulfonamides is 1. The lowest BCUT2D eigenvalue weighted by molar-refractivity contribution is -0.116. The van der Waals surface area contributed by atoms with Gasteiger partial charge in [-0.1, -0.05) is 18.2 Å². The van der Waals surface area contributed by atoms with Crippen molar-refractivity contribution in [2.45, 2.75) is 30.6 Å². The Morgan fingerprint density at radius 2 is 1.73 bits per heavy atom. The zero-order valence-corrected chi connectivity index (χ0v) is 17.6. The first kappa shape index (κ1) is 21.0. The third-order valence-electron chi connectivity index (χ3n) is 5.82. The van der Waals surface area contributed by atoms with Crippen molar-refractivity contribution in [3.8, 4) is 0 Å². The van der Waals surface area contributed by atoms with Gasteiger partial charge < -0.3 is 10.2 Å². The largest absolute Gasteiger partial charge is 0.326 e. The molecule has 0 bridgehead atoms. The minimum absolute atomic E-state index is 0.0469. The Hall–Kier alpha value is -2.29. The van der Waals surface area contributed by atoms with Gasteiger partial charge in [0.05, 0.1) is 0 Å². The normalized spacial score (nSPS) is 17.6. The number of rotatable bonds is 6. The van der Waals surface area contributed by atoms with Crippen LogP contribution in [0, 0.1) is 5.82 Å². The van der Waals surface area contributed by atoms with Crippen LogP contribution in [0.1, 0.15) is 24.0 Å². The number of aryl methyl sites for hydroxylation is 2. The minimum Gasteiger partial charge on any atom is -0.326 e. The van der Waals surface area contributed by atoms with E-state index in [1.54, 1.807) is 0 Å². The SMILES string of the molecule is O=C(CCN1CCN(S(=O)(=O)c2ccccc2F)CC1)Nc1ccc2c(c1)CCC2. The summed E-state index contributed by atoms with van der Waals surface area (Å²) in [7, 11) is -3.84. The van der Waals surface area contributed by atoms with E-state index in [0.717, 1.165) is 24.6 Å². The van der Waals surface area contributed by atoms with Gasteiger partial charge in [0, 0.05) is 44.8 Å². The first-order valence-corrected chi connectivity index (χ1v) is 11.8. The van der Waals surface area contributed by atoms with E-state index in [1.807, 2.05) is 6.07 Å². The predicted molar refractivity (Wildman–Crippen MR) is 113 cm³/mol. The fourth-order valence-electron chi connectivity index (χ4n) is 4.12. The molecule has 0 radical (unpaired) electrons. The highest BCUT2D eigenvalue weighted by molar-refractivity contribution is 7.89. The number of amides is 1. The molecule has 1 aliphatic carbocycles. The molecule has 0 unspecified atom stereocenters. The minimum atomic E-state index is -3.84. The Morgan fingerprint density at radius 1 is 1.00 bits per heavy atom. The molecule has 160 valence electrons. The van der Waals surface area contributed by atoms with Gasteiger partial charge in [-0.15, -0.1) is 0 Å². The molecule has 30 heavy (non-hydrogen) atoms. The average molecular weight is 432 g/mol. The highest BCUT2D eigenvalue weighted by Gasteiger charge is 2.30. The number of hydrogen-bond donors (Lipinski definition) is 1. The maximum atomic E-state index is 13.9. The van der Waals surface area contributed by atoms with Gasteiger partial charge in [-0.2, -0.15) is 4.31 Å². The number of hydrogen-bond acceptors (Lipinski definition) is 4. The highest BCUT2D eigenvalue weighted by atomic mass is 32.2. The van der Waals surface area contributed by atoms with Crippen molar-refractivity contribution in [1.29, 1.82) is 0 Å². The second-order valence-electron chi connectivity index (χ2n) is 7.81. The van der Waals surface area contributed by atoms with Crippen LogP contribution in [0.15, 0.2) is 47.4 Å². The van der Waals surface area contributed by atoms with Gasteiger partial charge in [0.25, 0.3) is 0 Å². The van der Waals surface area contributed by atoms with Crippen LogP contribution >= 0.6 is 0 Å². The molecule has 6 nitrogen and oxygen atoms in total. The quantitative estimate of drug-likeness (QED) is 0.764. The lowest BCUT2D eigenvalue weighted by atomic mass is 10.1. The number of anilines is 1. The predicted octanol–water partition coefficient (Wildman–Crippen LogP) is 2.65. The Bertz CT molecular complexity index is 1030. The summed E-state index contributed by atoms with van der Waals surface area (Å²) >= 11 is 0. The molecule has 2 aromatic rings. The molecular formula is C22H26FN3O3S. The molecule has 0 saturated carbocycles. The Labute approximate surface area is 176 Å². The number of carbonyl (C=O) groups is 1. The molecule has 1 heterocycles. The van der Waals surface area contributed by atoms with Crippen molar-refractivity contribution in [3.63, 3.8) is 0 Å². The number of nitrogens with one attached hydrogen (secondary N) is 1. The summed E-state index contributed by atoms with van der Waals surface area (Å²) in [6.45, 7) is 2.15. The van der Waals surface area contributed by atoms with Crippen molar-refractivity contribution in [3.05, 3.63) is 59.4 Å². The van der Waals surface area contributed by atoms with Crippen LogP contribution in [-0.4, -0.2) is 56.3 Å². The Balaban J connectivity index is 1.26. The second kappa shape index (κ2) is 8.83. The summed E-state index contributed by atoms with van der Waals surface area (Å²) in [5, 5.41) is 2.96. The lowest BCUT2D eigenvalue weighted by Gasteiger charge is -2.33. The van der Waals surface area contributed by atoms with Gasteiger partial charge in [-0.25, -0.2) is 12.8 Å². The highest BCUT2D eigenvalue weighted by Crippen LogP contribution is 2.25. The van der Waals surface area contributed by atoms with Crippen molar-refractivity contribution in [2.24, 2.45) is 0 Å². The lowest BCUT2D eigenvalue weighted by Crippen LogP contribution is -2.49. The van der Waals surface area contributed by atoms with E-state index in [1.165, 1.54) is 40.1 Å². The summed E-state index contributed by atoms with van der Waals surface area (Å²) in [5.41, 5.74) is 3.53. The van der Waals surface area contributed by atoms with Crippen LogP contribution in [-0.2, 0) is 27.7 Å². The molecule has 2 aliphatic rings. The summed E-state index contributed by atoms with van der Waals surface area (Å²) in [4.78, 5) is 14.1. The van der Waals surface area contributed by atoms with Crippen LogP contribution in [0.2, 0.25) is 0 Å².